The Balaban J connectivity index is 1.31. The maximum Gasteiger partial charge on any atom is 0.220 e. The molecular weight excluding hydrogens is 1430 g/mol. The predicted molar refractivity (Wildman–Crippen MR) is 457 cm³/mol. The highest BCUT2D eigenvalue weighted by molar-refractivity contribution is 5.76. The summed E-state index contributed by atoms with van der Waals surface area (Å²) in [4.78, 5) is 13.5. The van der Waals surface area contributed by atoms with E-state index < -0.39 is 124 Å². The van der Waals surface area contributed by atoms with E-state index in [0.29, 0.717) is 6.42 Å². The first kappa shape index (κ1) is 104. The summed E-state index contributed by atoms with van der Waals surface area (Å²) in [5.41, 5.74) is 0. The second kappa shape index (κ2) is 73.2. The van der Waals surface area contributed by atoms with Crippen LogP contribution in [0, 0.1) is 0 Å². The normalized spacial score (nSPS) is 25.1. The molecule has 17 atom stereocenters. The van der Waals surface area contributed by atoms with E-state index in [-0.39, 0.29) is 18.9 Å². The third-order valence-electron chi connectivity index (χ3n) is 23.0. The zero-order valence-electron chi connectivity index (χ0n) is 71.4. The van der Waals surface area contributed by atoms with Gasteiger partial charge in [-0.25, -0.2) is 0 Å². The summed E-state index contributed by atoms with van der Waals surface area (Å²) in [5.74, 6) is -0.270. The van der Waals surface area contributed by atoms with E-state index in [9.17, 15) is 61.0 Å². The molecule has 3 rings (SSSR count). The van der Waals surface area contributed by atoms with Gasteiger partial charge in [0.1, 0.15) is 73.2 Å². The minimum absolute atomic E-state index is 0.244. The van der Waals surface area contributed by atoms with Gasteiger partial charge in [0.15, 0.2) is 18.9 Å². The number of nitrogens with one attached hydrogen (secondary N) is 1. The molecule has 0 bridgehead atoms. The Kier molecular flexibility index (Phi) is 67.6. The third kappa shape index (κ3) is 51.5. The lowest BCUT2D eigenvalue weighted by Gasteiger charge is -2.48. The van der Waals surface area contributed by atoms with Crippen molar-refractivity contribution in [1.82, 2.24) is 5.32 Å². The molecule has 12 N–H and O–H groups in total. The Morgan fingerprint density at radius 3 is 0.956 bits per heavy atom. The molecule has 0 radical (unpaired) electrons. The molecule has 1 amide bonds. The lowest BCUT2D eigenvalue weighted by molar-refractivity contribution is -0.379. The molecule has 0 aliphatic carbocycles. The SMILES string of the molecule is CC/C=C\C/C=C\C/C=C\C/C=C\C/C=C\CCCCCCCCCCCCCCCCCCCCCC(=O)NC(COC1OC(CO)C(OC2OC(CO)C(OC3OC(CO)C(O)C(O)C3O)C(O)C2O)C(O)C1O)C(O)/C=C/CCCCCCCCCCCCCCCCCCCCCCCCCCCCCCCCC. The van der Waals surface area contributed by atoms with Gasteiger partial charge in [-0.2, -0.15) is 0 Å². The average Bonchev–Trinajstić information content (AvgIpc) is 0.780. The number of ether oxygens (including phenoxy) is 6. The fourth-order valence-electron chi connectivity index (χ4n) is 15.6. The van der Waals surface area contributed by atoms with Crippen LogP contribution >= 0.6 is 0 Å². The number of hydrogen-bond acceptors (Lipinski definition) is 18. The molecule has 3 heterocycles. The van der Waals surface area contributed by atoms with Crippen LogP contribution in [0.15, 0.2) is 72.9 Å². The minimum atomic E-state index is -1.98. The quantitative estimate of drug-likeness (QED) is 0.0199. The van der Waals surface area contributed by atoms with E-state index in [4.69, 9.17) is 28.4 Å². The summed E-state index contributed by atoms with van der Waals surface area (Å²) in [5, 5.41) is 121. The van der Waals surface area contributed by atoms with E-state index in [2.05, 4.69) is 79.9 Å². The van der Waals surface area contributed by atoms with E-state index in [1.54, 1.807) is 6.08 Å². The Morgan fingerprint density at radius 2 is 0.611 bits per heavy atom. The number of aliphatic hydroxyl groups is 11. The first-order chi connectivity index (χ1) is 55.3. The van der Waals surface area contributed by atoms with Gasteiger partial charge in [-0.15, -0.1) is 0 Å². The fourth-order valence-corrected chi connectivity index (χ4v) is 15.6. The number of allylic oxidation sites excluding steroid dienone is 11. The molecule has 3 saturated heterocycles. The van der Waals surface area contributed by atoms with Crippen LogP contribution < -0.4 is 5.32 Å². The van der Waals surface area contributed by atoms with Crippen LogP contribution in [0.25, 0.3) is 0 Å². The molecule has 660 valence electrons. The van der Waals surface area contributed by atoms with Gasteiger partial charge in [-0.3, -0.25) is 4.79 Å². The van der Waals surface area contributed by atoms with Crippen LogP contribution in [0.2, 0.25) is 0 Å². The van der Waals surface area contributed by atoms with Gasteiger partial charge in [-0.1, -0.05) is 389 Å². The van der Waals surface area contributed by atoms with Crippen molar-refractivity contribution in [1.29, 1.82) is 0 Å². The monoisotopic (exact) mass is 1600 g/mol. The number of carbonyl (C=O) groups is 1. The topological polar surface area (TPSA) is 307 Å². The second-order valence-electron chi connectivity index (χ2n) is 33.1. The van der Waals surface area contributed by atoms with Gasteiger partial charge in [-0.05, 0) is 64.2 Å². The van der Waals surface area contributed by atoms with Gasteiger partial charge >= 0.3 is 0 Å². The summed E-state index contributed by atoms with van der Waals surface area (Å²) in [6.07, 6.45) is 72.0. The first-order valence-corrected chi connectivity index (χ1v) is 46.7. The summed E-state index contributed by atoms with van der Waals surface area (Å²) >= 11 is 0. The van der Waals surface area contributed by atoms with Crippen molar-refractivity contribution in [2.45, 2.75) is 491 Å². The summed E-state index contributed by atoms with van der Waals surface area (Å²) in [6.45, 7) is 1.68. The molecule has 0 aromatic rings. The zero-order valence-corrected chi connectivity index (χ0v) is 71.4. The number of amides is 1. The molecule has 0 aromatic carbocycles. The third-order valence-corrected chi connectivity index (χ3v) is 23.0. The van der Waals surface area contributed by atoms with Crippen molar-refractivity contribution in [3.05, 3.63) is 72.9 Å². The molecule has 113 heavy (non-hydrogen) atoms. The summed E-state index contributed by atoms with van der Waals surface area (Å²) in [6, 6.07) is -0.977. The Labute approximate surface area is 687 Å². The van der Waals surface area contributed by atoms with E-state index in [0.717, 1.165) is 77.0 Å². The molecule has 3 aliphatic heterocycles. The minimum Gasteiger partial charge on any atom is -0.394 e. The lowest BCUT2D eigenvalue weighted by Crippen LogP contribution is -2.66. The zero-order chi connectivity index (χ0) is 81.7. The number of aliphatic hydroxyl groups excluding tert-OH is 11. The average molecular weight is 1600 g/mol. The van der Waals surface area contributed by atoms with Crippen molar-refractivity contribution >= 4 is 5.91 Å². The number of rotatable bonds is 76. The molecule has 3 fully saturated rings. The van der Waals surface area contributed by atoms with Crippen LogP contribution in [0.4, 0.5) is 0 Å². The van der Waals surface area contributed by atoms with E-state index in [1.165, 1.54) is 283 Å². The van der Waals surface area contributed by atoms with Crippen molar-refractivity contribution in [3.8, 4) is 0 Å². The van der Waals surface area contributed by atoms with Crippen molar-refractivity contribution < 1.29 is 89.4 Å². The predicted octanol–water partition coefficient (Wildman–Crippen LogP) is 18.3. The molecule has 19 heteroatoms. The Bertz CT molecular complexity index is 2320. The van der Waals surface area contributed by atoms with E-state index in [1.807, 2.05) is 6.08 Å². The molecule has 0 spiro atoms. The van der Waals surface area contributed by atoms with Crippen molar-refractivity contribution in [2.75, 3.05) is 26.4 Å². The second-order valence-corrected chi connectivity index (χ2v) is 33.1. The van der Waals surface area contributed by atoms with Crippen LogP contribution in [0.1, 0.15) is 386 Å². The van der Waals surface area contributed by atoms with Gasteiger partial charge in [0.05, 0.1) is 38.6 Å². The fraction of sp³-hybridized carbons (Fsp3) is 0.862. The number of carbonyl (C=O) groups excluding carboxylic acids is 1. The maximum atomic E-state index is 13.5. The van der Waals surface area contributed by atoms with E-state index >= 15 is 0 Å². The molecule has 3 aliphatic rings. The molecule has 0 aromatic heterocycles. The highest BCUT2D eigenvalue weighted by Gasteiger charge is 2.54. The Morgan fingerprint density at radius 1 is 0.327 bits per heavy atom. The van der Waals surface area contributed by atoms with Crippen LogP contribution in [-0.4, -0.2) is 193 Å². The van der Waals surface area contributed by atoms with Crippen LogP contribution in [0.5, 0.6) is 0 Å². The smallest absolute Gasteiger partial charge is 0.220 e. The maximum absolute atomic E-state index is 13.5. The summed E-state index contributed by atoms with van der Waals surface area (Å²) < 4.78 is 34.6. The summed E-state index contributed by atoms with van der Waals surface area (Å²) in [7, 11) is 0. The largest absolute Gasteiger partial charge is 0.394 e. The Hall–Kier alpha value is -2.77. The van der Waals surface area contributed by atoms with Gasteiger partial charge in [0.25, 0.3) is 0 Å². The number of hydrogen-bond donors (Lipinski definition) is 12. The molecular formula is C94H171NO18. The van der Waals surface area contributed by atoms with Crippen LogP contribution in [-0.2, 0) is 33.2 Å². The highest BCUT2D eigenvalue weighted by Crippen LogP contribution is 2.34. The van der Waals surface area contributed by atoms with Gasteiger partial charge < -0.3 is 89.9 Å². The molecule has 0 saturated carbocycles. The first-order valence-electron chi connectivity index (χ1n) is 46.7. The molecule has 17 unspecified atom stereocenters. The van der Waals surface area contributed by atoms with Crippen molar-refractivity contribution in [3.63, 3.8) is 0 Å². The lowest BCUT2D eigenvalue weighted by atomic mass is 9.96. The van der Waals surface area contributed by atoms with Crippen molar-refractivity contribution in [2.24, 2.45) is 0 Å². The molecule has 19 nitrogen and oxygen atoms in total. The van der Waals surface area contributed by atoms with Gasteiger partial charge in [0.2, 0.25) is 5.91 Å². The number of unbranched alkanes of at least 4 members (excludes halogenated alkanes) is 50. The standard InChI is InChI=1S/C94H171NO18/c1-3-5-7-9-11-13-15-17-19-21-23-25-27-29-31-33-35-37-38-40-42-44-46-48-50-52-54-56-58-60-62-64-66-68-70-72-82(100)95-77(78(99)71-69-67-65-63-61-59-57-55-53-51-49-47-45-43-41-39-36-34-32-30-28-26-24-22-20-18-16-14-12-10-8-6-4-2)76-108-92-88(106)85(103)90(80(74-97)110-92)113-94-89(107)86(104)91(81(75-98)111-94)112-93-87(105)84(102)83(101)79(73-96)109-93/h5,7,11,13,17,19,23,25,29,31,69,71,77-81,83-94,96-99,101-107H,3-4,6,8-10,12,14-16,18,20-22,24,26-28,30,32-68,70,72-76H2,1-2H3,(H,95,100)/b7-5-,13-11-,19-17-,25-23-,31-29-,71-69+. The highest BCUT2D eigenvalue weighted by atomic mass is 16.8. The van der Waals surface area contributed by atoms with Gasteiger partial charge in [0, 0.05) is 6.42 Å². The van der Waals surface area contributed by atoms with Crippen LogP contribution in [0.3, 0.4) is 0 Å².